The fourth-order valence-corrected chi connectivity index (χ4v) is 4.08. The Kier molecular flexibility index (Phi) is 8.56. The molecule has 156 valence electrons. The van der Waals surface area contributed by atoms with Crippen molar-refractivity contribution < 1.29 is 9.59 Å². The third-order valence-corrected chi connectivity index (χ3v) is 5.81. The Balaban J connectivity index is 0.00000280. The zero-order valence-electron chi connectivity index (χ0n) is 16.5. The molecule has 2 atom stereocenters. The fraction of sp³-hybridized carbons (Fsp3) is 0.600. The third-order valence-electron chi connectivity index (χ3n) is 5.48. The molecule has 0 saturated carbocycles. The predicted molar refractivity (Wildman–Crippen MR) is 114 cm³/mol. The summed E-state index contributed by atoms with van der Waals surface area (Å²) in [6, 6.07) is 6.78. The number of likely N-dealkylation sites (tertiary alicyclic amines) is 1. The van der Waals surface area contributed by atoms with Crippen molar-refractivity contribution in [2.24, 2.45) is 5.92 Å². The van der Waals surface area contributed by atoms with Gasteiger partial charge >= 0.3 is 0 Å². The molecular weight excluding hydrogens is 399 g/mol. The molecule has 6 nitrogen and oxygen atoms in total. The minimum Gasteiger partial charge on any atom is -0.340 e. The Morgan fingerprint density at radius 3 is 2.50 bits per heavy atom. The van der Waals surface area contributed by atoms with Crippen molar-refractivity contribution in [3.8, 4) is 0 Å². The molecule has 0 aromatic heterocycles. The number of nitrogens with zero attached hydrogens (tertiary/aromatic N) is 2. The molecule has 0 bridgehead atoms. The Bertz CT molecular complexity index is 680. The topological polar surface area (TPSA) is 64.7 Å². The number of hydrogen-bond donors (Lipinski definition) is 2. The van der Waals surface area contributed by atoms with Crippen molar-refractivity contribution in [3.63, 3.8) is 0 Å². The number of hydrogen-bond acceptors (Lipinski definition) is 4. The molecule has 2 aliphatic rings. The molecule has 0 spiro atoms. The Hall–Kier alpha value is -1.34. The molecule has 2 N–H and O–H groups in total. The van der Waals surface area contributed by atoms with Crippen molar-refractivity contribution in [3.05, 3.63) is 34.9 Å². The van der Waals surface area contributed by atoms with Gasteiger partial charge in [0.25, 0.3) is 5.91 Å². The van der Waals surface area contributed by atoms with Gasteiger partial charge in [-0.25, -0.2) is 0 Å². The first-order valence-corrected chi connectivity index (χ1v) is 10.1. The molecule has 3 rings (SSSR count). The number of piperazine rings is 1. The van der Waals surface area contributed by atoms with Gasteiger partial charge in [0.15, 0.2) is 0 Å². The van der Waals surface area contributed by atoms with Gasteiger partial charge in [-0.3, -0.25) is 14.5 Å². The number of rotatable bonds is 5. The van der Waals surface area contributed by atoms with E-state index in [1.165, 1.54) is 0 Å². The number of carbonyl (C=O) groups excluding carboxylic acids is 2. The lowest BCUT2D eigenvalue weighted by atomic mass is 10.0. The van der Waals surface area contributed by atoms with E-state index in [2.05, 4.69) is 15.5 Å². The highest BCUT2D eigenvalue weighted by Gasteiger charge is 2.35. The van der Waals surface area contributed by atoms with Crippen LogP contribution >= 0.6 is 24.0 Å². The fourth-order valence-electron chi connectivity index (χ4n) is 3.86. The highest BCUT2D eigenvalue weighted by Crippen LogP contribution is 2.20. The average molecular weight is 429 g/mol. The summed E-state index contributed by atoms with van der Waals surface area (Å²) in [5.74, 6) is -0.296. The summed E-state index contributed by atoms with van der Waals surface area (Å²) < 4.78 is 0. The Morgan fingerprint density at radius 1 is 1.18 bits per heavy atom. The minimum atomic E-state index is -0.546. The molecule has 2 saturated heterocycles. The molecule has 2 amide bonds. The quantitative estimate of drug-likeness (QED) is 0.752. The van der Waals surface area contributed by atoms with E-state index in [4.69, 9.17) is 11.6 Å². The van der Waals surface area contributed by atoms with Crippen LogP contribution in [0.4, 0.5) is 0 Å². The van der Waals surface area contributed by atoms with Crippen LogP contribution in [-0.4, -0.2) is 73.0 Å². The van der Waals surface area contributed by atoms with E-state index in [1.54, 1.807) is 24.3 Å². The van der Waals surface area contributed by atoms with Gasteiger partial charge in [0, 0.05) is 45.3 Å². The molecule has 1 aromatic rings. The van der Waals surface area contributed by atoms with E-state index in [1.807, 2.05) is 18.7 Å². The minimum absolute atomic E-state index is 0. The maximum absolute atomic E-state index is 13.1. The van der Waals surface area contributed by atoms with E-state index in [-0.39, 0.29) is 30.1 Å². The van der Waals surface area contributed by atoms with Crippen molar-refractivity contribution >= 4 is 35.8 Å². The first kappa shape index (κ1) is 22.9. The van der Waals surface area contributed by atoms with Gasteiger partial charge in [0.05, 0.1) is 10.6 Å². The second-order valence-corrected chi connectivity index (χ2v) is 8.09. The van der Waals surface area contributed by atoms with Crippen LogP contribution in [-0.2, 0) is 4.79 Å². The van der Waals surface area contributed by atoms with E-state index >= 15 is 0 Å². The molecule has 8 heteroatoms. The van der Waals surface area contributed by atoms with Crippen molar-refractivity contribution in [2.45, 2.75) is 32.4 Å². The first-order chi connectivity index (χ1) is 13.0. The molecule has 0 radical (unpaired) electrons. The Labute approximate surface area is 178 Å². The second-order valence-electron chi connectivity index (χ2n) is 7.69. The van der Waals surface area contributed by atoms with Crippen LogP contribution < -0.4 is 10.6 Å². The van der Waals surface area contributed by atoms with E-state index in [0.717, 1.165) is 45.7 Å². The number of benzene rings is 1. The maximum atomic E-state index is 13.1. The molecule has 2 heterocycles. The smallest absolute Gasteiger partial charge is 0.253 e. The lowest BCUT2D eigenvalue weighted by Gasteiger charge is -2.33. The molecule has 0 aliphatic carbocycles. The summed E-state index contributed by atoms with van der Waals surface area (Å²) in [6.07, 6.45) is 0.995. The molecule has 1 aromatic carbocycles. The van der Waals surface area contributed by atoms with Crippen LogP contribution in [0.3, 0.4) is 0 Å². The highest BCUT2D eigenvalue weighted by molar-refractivity contribution is 6.33. The van der Waals surface area contributed by atoms with Gasteiger partial charge in [0.1, 0.15) is 6.04 Å². The van der Waals surface area contributed by atoms with E-state index in [9.17, 15) is 9.59 Å². The lowest BCUT2D eigenvalue weighted by molar-refractivity contribution is -0.133. The summed E-state index contributed by atoms with van der Waals surface area (Å²) in [5.41, 5.74) is 0.401. The maximum Gasteiger partial charge on any atom is 0.253 e. The monoisotopic (exact) mass is 428 g/mol. The van der Waals surface area contributed by atoms with Crippen LogP contribution in [0.25, 0.3) is 0 Å². The zero-order chi connectivity index (χ0) is 19.4. The van der Waals surface area contributed by atoms with Crippen LogP contribution in [0.15, 0.2) is 24.3 Å². The summed E-state index contributed by atoms with van der Waals surface area (Å²) in [5, 5.41) is 6.67. The van der Waals surface area contributed by atoms with Gasteiger partial charge in [0.2, 0.25) is 5.91 Å². The summed E-state index contributed by atoms with van der Waals surface area (Å²) in [7, 11) is 0. The number of amides is 2. The van der Waals surface area contributed by atoms with E-state index in [0.29, 0.717) is 16.6 Å². The van der Waals surface area contributed by atoms with Crippen LogP contribution in [0.1, 0.15) is 30.6 Å². The summed E-state index contributed by atoms with van der Waals surface area (Å²) >= 11 is 6.13. The van der Waals surface area contributed by atoms with Gasteiger partial charge < -0.3 is 15.5 Å². The first-order valence-electron chi connectivity index (χ1n) is 9.76. The zero-order valence-corrected chi connectivity index (χ0v) is 18.1. The summed E-state index contributed by atoms with van der Waals surface area (Å²) in [6.45, 7) is 9.48. The van der Waals surface area contributed by atoms with Crippen LogP contribution in [0.5, 0.6) is 0 Å². The lowest BCUT2D eigenvalue weighted by Crippen LogP contribution is -2.52. The van der Waals surface area contributed by atoms with Crippen LogP contribution in [0, 0.1) is 5.92 Å². The van der Waals surface area contributed by atoms with Crippen molar-refractivity contribution in [1.82, 2.24) is 20.4 Å². The average Bonchev–Trinajstić information content (AvgIpc) is 3.16. The van der Waals surface area contributed by atoms with Crippen LogP contribution in [0.2, 0.25) is 5.02 Å². The Morgan fingerprint density at radius 2 is 1.86 bits per heavy atom. The van der Waals surface area contributed by atoms with Gasteiger partial charge in [-0.1, -0.05) is 37.6 Å². The standard InChI is InChI=1S/C20H29ClN4O2.ClH/c1-14(2)18(23-19(26)16-5-3-4-6-17(16)21)20(27)25-10-7-15(13-25)24-11-8-22-9-12-24;/h3-6,14-15,18,22H,7-13H2,1-2H3,(H,23,26);1H. The normalized spacial score (nSPS) is 21.3. The molecule has 2 unspecified atom stereocenters. The summed E-state index contributed by atoms with van der Waals surface area (Å²) in [4.78, 5) is 30.1. The van der Waals surface area contributed by atoms with Crippen molar-refractivity contribution in [1.29, 1.82) is 0 Å². The predicted octanol–water partition coefficient (Wildman–Crippen LogP) is 2.02. The number of halogens is 2. The van der Waals surface area contributed by atoms with Gasteiger partial charge in [-0.05, 0) is 24.5 Å². The SMILES string of the molecule is CC(C)C(NC(=O)c1ccccc1Cl)C(=O)N1CCC(N2CCNCC2)C1.Cl. The third kappa shape index (κ3) is 5.38. The largest absolute Gasteiger partial charge is 0.340 e. The number of carbonyl (C=O) groups is 2. The van der Waals surface area contributed by atoms with Gasteiger partial charge in [-0.15, -0.1) is 12.4 Å². The second kappa shape index (κ2) is 10.4. The molecule has 2 fully saturated rings. The molecule has 2 aliphatic heterocycles. The molecule has 28 heavy (non-hydrogen) atoms. The van der Waals surface area contributed by atoms with E-state index < -0.39 is 6.04 Å². The molecular formula is C20H30Cl2N4O2. The highest BCUT2D eigenvalue weighted by atomic mass is 35.5. The van der Waals surface area contributed by atoms with Gasteiger partial charge in [-0.2, -0.15) is 0 Å². The number of nitrogens with one attached hydrogen (secondary N) is 2. The van der Waals surface area contributed by atoms with Crippen molar-refractivity contribution in [2.75, 3.05) is 39.3 Å².